The van der Waals surface area contributed by atoms with Crippen molar-refractivity contribution in [3.63, 3.8) is 0 Å². The molecule has 3 rings (SSSR count). The van der Waals surface area contributed by atoms with E-state index in [4.69, 9.17) is 0 Å². The van der Waals surface area contributed by atoms with E-state index in [0.29, 0.717) is 0 Å². The van der Waals surface area contributed by atoms with Gasteiger partial charge >= 0.3 is 0 Å². The summed E-state index contributed by atoms with van der Waals surface area (Å²) in [4.78, 5) is 11.6. The second-order valence-corrected chi connectivity index (χ2v) is 5.78. The molecule has 0 unspecified atom stereocenters. The standard InChI is InChI=1S/C13H19BrN4/c14-13-16-11-5-6-15-9-10(11)12(17-13)18-7-3-1-2-4-8-18/h15H,1-9H2. The van der Waals surface area contributed by atoms with E-state index in [1.165, 1.54) is 36.9 Å². The highest BCUT2D eigenvalue weighted by Gasteiger charge is 2.21. The number of anilines is 1. The first kappa shape index (κ1) is 12.4. The van der Waals surface area contributed by atoms with E-state index in [-0.39, 0.29) is 0 Å². The highest BCUT2D eigenvalue weighted by atomic mass is 79.9. The first-order valence-corrected chi connectivity index (χ1v) is 7.65. The lowest BCUT2D eigenvalue weighted by atomic mass is 10.1. The Morgan fingerprint density at radius 1 is 1.06 bits per heavy atom. The number of hydrogen-bond donors (Lipinski definition) is 1. The number of fused-ring (bicyclic) bond motifs is 1. The molecule has 18 heavy (non-hydrogen) atoms. The van der Waals surface area contributed by atoms with E-state index >= 15 is 0 Å². The van der Waals surface area contributed by atoms with E-state index in [9.17, 15) is 0 Å². The molecule has 2 aliphatic heterocycles. The molecule has 3 heterocycles. The van der Waals surface area contributed by atoms with E-state index in [0.717, 1.165) is 43.2 Å². The number of aromatic nitrogens is 2. The van der Waals surface area contributed by atoms with Crippen LogP contribution in [0.2, 0.25) is 0 Å². The van der Waals surface area contributed by atoms with Crippen LogP contribution >= 0.6 is 15.9 Å². The van der Waals surface area contributed by atoms with Gasteiger partial charge in [0.15, 0.2) is 4.73 Å². The number of nitrogens with one attached hydrogen (secondary N) is 1. The van der Waals surface area contributed by atoms with Crippen LogP contribution in [0.15, 0.2) is 4.73 Å². The van der Waals surface area contributed by atoms with Crippen molar-refractivity contribution < 1.29 is 0 Å². The molecule has 1 aromatic rings. The van der Waals surface area contributed by atoms with Gasteiger partial charge in [0.25, 0.3) is 0 Å². The maximum atomic E-state index is 4.64. The van der Waals surface area contributed by atoms with Crippen molar-refractivity contribution in [2.45, 2.75) is 38.6 Å². The summed E-state index contributed by atoms with van der Waals surface area (Å²) in [5, 5.41) is 3.43. The van der Waals surface area contributed by atoms with E-state index in [1.54, 1.807) is 0 Å². The van der Waals surface area contributed by atoms with Crippen LogP contribution in [0, 0.1) is 0 Å². The molecule has 0 amide bonds. The molecule has 0 aliphatic carbocycles. The quantitative estimate of drug-likeness (QED) is 0.808. The third-order valence-electron chi connectivity index (χ3n) is 3.79. The molecule has 0 saturated carbocycles. The Kier molecular flexibility index (Phi) is 3.80. The second-order valence-electron chi connectivity index (χ2n) is 5.07. The van der Waals surface area contributed by atoms with Gasteiger partial charge in [-0.25, -0.2) is 9.97 Å². The summed E-state index contributed by atoms with van der Waals surface area (Å²) in [6.07, 6.45) is 6.28. The molecule has 98 valence electrons. The molecule has 4 nitrogen and oxygen atoms in total. The lowest BCUT2D eigenvalue weighted by Crippen LogP contribution is -2.31. The fourth-order valence-corrected chi connectivity index (χ4v) is 3.22. The number of nitrogens with zero attached hydrogens (tertiary/aromatic N) is 3. The molecule has 1 N–H and O–H groups in total. The molecular weight excluding hydrogens is 292 g/mol. The minimum absolute atomic E-state index is 0.738. The topological polar surface area (TPSA) is 41.1 Å². The van der Waals surface area contributed by atoms with Gasteiger partial charge in [-0.05, 0) is 28.8 Å². The monoisotopic (exact) mass is 310 g/mol. The summed E-state index contributed by atoms with van der Waals surface area (Å²) in [5.41, 5.74) is 2.53. The Balaban J connectivity index is 1.96. The molecule has 2 aliphatic rings. The van der Waals surface area contributed by atoms with Crippen molar-refractivity contribution >= 4 is 21.7 Å². The van der Waals surface area contributed by atoms with Gasteiger partial charge in [0.1, 0.15) is 5.82 Å². The van der Waals surface area contributed by atoms with Crippen molar-refractivity contribution in [2.24, 2.45) is 0 Å². The summed E-state index contributed by atoms with van der Waals surface area (Å²) in [6, 6.07) is 0. The predicted molar refractivity (Wildman–Crippen MR) is 75.8 cm³/mol. The summed E-state index contributed by atoms with van der Waals surface area (Å²) >= 11 is 3.46. The van der Waals surface area contributed by atoms with Crippen LogP contribution in [0.1, 0.15) is 36.9 Å². The van der Waals surface area contributed by atoms with Crippen LogP contribution in [0.5, 0.6) is 0 Å². The molecule has 0 aromatic carbocycles. The van der Waals surface area contributed by atoms with Gasteiger partial charge in [-0.2, -0.15) is 0 Å². The fourth-order valence-electron chi connectivity index (χ4n) is 2.84. The summed E-state index contributed by atoms with van der Waals surface area (Å²) in [7, 11) is 0. The molecular formula is C13H19BrN4. The van der Waals surface area contributed by atoms with Crippen LogP contribution in [0.4, 0.5) is 5.82 Å². The van der Waals surface area contributed by atoms with Gasteiger partial charge < -0.3 is 10.2 Å². The maximum Gasteiger partial charge on any atom is 0.198 e. The van der Waals surface area contributed by atoms with Gasteiger partial charge in [0.05, 0.1) is 5.69 Å². The smallest absolute Gasteiger partial charge is 0.198 e. The number of halogens is 1. The molecule has 0 spiro atoms. The minimum Gasteiger partial charge on any atom is -0.356 e. The van der Waals surface area contributed by atoms with E-state index in [1.807, 2.05) is 0 Å². The van der Waals surface area contributed by atoms with Crippen molar-refractivity contribution in [2.75, 3.05) is 24.5 Å². The zero-order chi connectivity index (χ0) is 12.4. The lowest BCUT2D eigenvalue weighted by Gasteiger charge is -2.27. The number of rotatable bonds is 1. The maximum absolute atomic E-state index is 4.64. The summed E-state index contributed by atoms with van der Waals surface area (Å²) in [6.45, 7) is 4.20. The van der Waals surface area contributed by atoms with E-state index < -0.39 is 0 Å². The Hall–Kier alpha value is -0.680. The summed E-state index contributed by atoms with van der Waals surface area (Å²) in [5.74, 6) is 1.15. The fraction of sp³-hybridized carbons (Fsp3) is 0.692. The highest BCUT2D eigenvalue weighted by Crippen LogP contribution is 2.27. The van der Waals surface area contributed by atoms with E-state index in [2.05, 4.69) is 36.1 Å². The molecule has 0 atom stereocenters. The molecule has 0 radical (unpaired) electrons. The average molecular weight is 311 g/mol. The van der Waals surface area contributed by atoms with Gasteiger partial charge in [-0.15, -0.1) is 0 Å². The SMILES string of the molecule is Brc1nc2c(c(N3CCCCCC3)n1)CNCC2. The third kappa shape index (κ3) is 2.52. The Morgan fingerprint density at radius 3 is 2.61 bits per heavy atom. The first-order valence-electron chi connectivity index (χ1n) is 6.85. The molecule has 1 aromatic heterocycles. The van der Waals surface area contributed by atoms with Crippen LogP contribution in [-0.4, -0.2) is 29.6 Å². The molecule has 1 fully saturated rings. The van der Waals surface area contributed by atoms with Crippen LogP contribution in [0.25, 0.3) is 0 Å². The van der Waals surface area contributed by atoms with Crippen molar-refractivity contribution in [3.8, 4) is 0 Å². The predicted octanol–water partition coefficient (Wildman–Crippen LogP) is 2.27. The van der Waals surface area contributed by atoms with Gasteiger partial charge in [-0.1, -0.05) is 12.8 Å². The third-order valence-corrected chi connectivity index (χ3v) is 4.14. The van der Waals surface area contributed by atoms with Crippen molar-refractivity contribution in [1.29, 1.82) is 0 Å². The van der Waals surface area contributed by atoms with Gasteiger partial charge in [0, 0.05) is 38.2 Å². The minimum atomic E-state index is 0.738. The average Bonchev–Trinajstić information content (AvgIpc) is 2.66. The van der Waals surface area contributed by atoms with Crippen LogP contribution in [0.3, 0.4) is 0 Å². The van der Waals surface area contributed by atoms with Gasteiger partial charge in [-0.3, -0.25) is 0 Å². The molecule has 1 saturated heterocycles. The van der Waals surface area contributed by atoms with Gasteiger partial charge in [0.2, 0.25) is 0 Å². The molecule has 0 bridgehead atoms. The largest absolute Gasteiger partial charge is 0.356 e. The van der Waals surface area contributed by atoms with Crippen molar-refractivity contribution in [3.05, 3.63) is 16.0 Å². The first-order chi connectivity index (χ1) is 8.84. The Labute approximate surface area is 116 Å². The zero-order valence-electron chi connectivity index (χ0n) is 10.6. The second kappa shape index (κ2) is 5.53. The number of hydrogen-bond acceptors (Lipinski definition) is 4. The lowest BCUT2D eigenvalue weighted by molar-refractivity contribution is 0.617. The summed E-state index contributed by atoms with van der Waals surface area (Å²) < 4.78 is 0.738. The Bertz CT molecular complexity index is 427. The Morgan fingerprint density at radius 2 is 1.83 bits per heavy atom. The normalized spacial score (nSPS) is 20.4. The highest BCUT2D eigenvalue weighted by molar-refractivity contribution is 9.10. The van der Waals surface area contributed by atoms with Crippen molar-refractivity contribution in [1.82, 2.24) is 15.3 Å². The van der Waals surface area contributed by atoms with Crippen LogP contribution in [-0.2, 0) is 13.0 Å². The molecule has 5 heteroatoms. The van der Waals surface area contributed by atoms with Crippen LogP contribution < -0.4 is 10.2 Å². The zero-order valence-corrected chi connectivity index (χ0v) is 12.2.